The van der Waals surface area contributed by atoms with Crippen LogP contribution in [0.3, 0.4) is 0 Å². The van der Waals surface area contributed by atoms with E-state index in [-0.39, 0.29) is 28.0 Å². The van der Waals surface area contributed by atoms with E-state index in [1.165, 1.54) is 50.3 Å². The molecule has 0 spiro atoms. The molecule has 3 rings (SSSR count). The van der Waals surface area contributed by atoms with Crippen LogP contribution >= 0.6 is 15.9 Å². The van der Waals surface area contributed by atoms with E-state index in [9.17, 15) is 14.0 Å². The number of hydrogen-bond donors (Lipinski definition) is 3. The van der Waals surface area contributed by atoms with Crippen molar-refractivity contribution in [3.8, 4) is 0 Å². The smallest absolute Gasteiger partial charge is 0.317 e. The number of amidine groups is 1. The van der Waals surface area contributed by atoms with Crippen molar-refractivity contribution in [2.24, 2.45) is 11.8 Å². The molecule has 158 valence electrons. The lowest BCUT2D eigenvalue weighted by atomic mass is 9.89. The molecule has 3 N–H and O–H groups in total. The van der Waals surface area contributed by atoms with Crippen molar-refractivity contribution < 1.29 is 14.0 Å². The topological polar surface area (TPSA) is 85.3 Å². The number of nitrogens with zero attached hydrogens (tertiary/aromatic N) is 1. The van der Waals surface area contributed by atoms with Gasteiger partial charge in [-0.05, 0) is 65.7 Å². The standard InChI is InChI=1S/C21H28BrFN4O2/c22-17-12-16(6-7-18(17)23)26-20(24)19(28)15-8-10-27(11-9-15)21(29)25-13-14-4-2-1-3-5-14/h6-7,12,14-15H,1-5,8-11,13H2,(H2,24,26)(H,25,29). The van der Waals surface area contributed by atoms with Crippen molar-refractivity contribution in [1.82, 2.24) is 10.2 Å². The average Bonchev–Trinajstić information content (AvgIpc) is 2.75. The molecular formula is C21H28BrFN4O2. The van der Waals surface area contributed by atoms with Crippen LogP contribution in [0.1, 0.15) is 44.9 Å². The third-order valence-electron chi connectivity index (χ3n) is 5.86. The van der Waals surface area contributed by atoms with Crippen molar-refractivity contribution in [3.05, 3.63) is 28.5 Å². The highest BCUT2D eigenvalue weighted by atomic mass is 79.9. The Bertz CT molecular complexity index is 759. The molecule has 0 atom stereocenters. The number of carbonyl (C=O) groups is 2. The predicted molar refractivity (Wildman–Crippen MR) is 115 cm³/mol. The van der Waals surface area contributed by atoms with E-state index >= 15 is 0 Å². The number of hydrogen-bond acceptors (Lipinski definition) is 3. The van der Waals surface area contributed by atoms with Crippen LogP contribution in [0.25, 0.3) is 0 Å². The fourth-order valence-corrected chi connectivity index (χ4v) is 4.44. The highest BCUT2D eigenvalue weighted by molar-refractivity contribution is 9.10. The molecular weight excluding hydrogens is 439 g/mol. The lowest BCUT2D eigenvalue weighted by molar-refractivity contribution is -0.117. The summed E-state index contributed by atoms with van der Waals surface area (Å²) in [6.45, 7) is 1.77. The predicted octanol–water partition coefficient (Wildman–Crippen LogP) is 4.55. The third kappa shape index (κ3) is 6.01. The number of rotatable bonds is 5. The first-order valence-electron chi connectivity index (χ1n) is 10.3. The lowest BCUT2D eigenvalue weighted by Crippen LogP contribution is -2.47. The Morgan fingerprint density at radius 2 is 1.83 bits per heavy atom. The molecule has 2 fully saturated rings. The minimum absolute atomic E-state index is 0.0502. The number of nitrogens with one attached hydrogen (secondary N) is 3. The summed E-state index contributed by atoms with van der Waals surface area (Å²) in [6.07, 6.45) is 7.28. The zero-order valence-corrected chi connectivity index (χ0v) is 18.1. The highest BCUT2D eigenvalue weighted by Gasteiger charge is 2.29. The molecule has 1 aliphatic carbocycles. The van der Waals surface area contributed by atoms with Crippen LogP contribution in [0, 0.1) is 23.1 Å². The number of urea groups is 1. The Balaban J connectivity index is 1.42. The molecule has 1 saturated carbocycles. The van der Waals surface area contributed by atoms with Gasteiger partial charge < -0.3 is 15.5 Å². The van der Waals surface area contributed by atoms with E-state index in [2.05, 4.69) is 26.6 Å². The van der Waals surface area contributed by atoms with Crippen molar-refractivity contribution >= 4 is 39.3 Å². The summed E-state index contributed by atoms with van der Waals surface area (Å²) >= 11 is 3.09. The molecule has 1 heterocycles. The minimum Gasteiger partial charge on any atom is -0.338 e. The van der Waals surface area contributed by atoms with Gasteiger partial charge in [0.15, 0.2) is 5.84 Å². The first-order valence-corrected chi connectivity index (χ1v) is 11.1. The van der Waals surface area contributed by atoms with Crippen LogP contribution in [-0.2, 0) is 4.79 Å². The van der Waals surface area contributed by atoms with Crippen molar-refractivity contribution in [3.63, 3.8) is 0 Å². The molecule has 0 radical (unpaired) electrons. The van der Waals surface area contributed by atoms with Crippen LogP contribution in [0.4, 0.5) is 14.9 Å². The fourth-order valence-electron chi connectivity index (χ4n) is 4.06. The van der Waals surface area contributed by atoms with Gasteiger partial charge in [-0.2, -0.15) is 0 Å². The van der Waals surface area contributed by atoms with E-state index in [0.29, 0.717) is 37.5 Å². The van der Waals surface area contributed by atoms with Gasteiger partial charge in [0.2, 0.25) is 5.78 Å². The molecule has 29 heavy (non-hydrogen) atoms. The van der Waals surface area contributed by atoms with E-state index in [0.717, 1.165) is 6.54 Å². The SMILES string of the molecule is N=C(Nc1ccc(F)c(Br)c1)C(=O)C1CCN(C(=O)NCC2CCCCC2)CC1. The maximum Gasteiger partial charge on any atom is 0.317 e. The number of halogens is 2. The van der Waals surface area contributed by atoms with Gasteiger partial charge in [-0.1, -0.05) is 19.3 Å². The molecule has 2 amide bonds. The maximum absolute atomic E-state index is 13.3. The molecule has 1 aromatic carbocycles. The molecule has 8 heteroatoms. The van der Waals surface area contributed by atoms with Gasteiger partial charge in [-0.25, -0.2) is 9.18 Å². The summed E-state index contributed by atoms with van der Waals surface area (Å²) < 4.78 is 13.6. The Labute approximate surface area is 179 Å². The van der Waals surface area contributed by atoms with Crippen molar-refractivity contribution in [2.45, 2.75) is 44.9 Å². The Morgan fingerprint density at radius 1 is 1.14 bits per heavy atom. The molecule has 0 bridgehead atoms. The lowest BCUT2D eigenvalue weighted by Gasteiger charge is -2.32. The second-order valence-electron chi connectivity index (χ2n) is 7.94. The molecule has 0 unspecified atom stereocenters. The first-order chi connectivity index (χ1) is 13.9. The number of benzene rings is 1. The van der Waals surface area contributed by atoms with Crippen LogP contribution in [0.5, 0.6) is 0 Å². The summed E-state index contributed by atoms with van der Waals surface area (Å²) in [5.74, 6) is -0.565. The van der Waals surface area contributed by atoms with Gasteiger partial charge in [-0.15, -0.1) is 0 Å². The number of amides is 2. The highest BCUT2D eigenvalue weighted by Crippen LogP contribution is 2.24. The van der Waals surface area contributed by atoms with Crippen molar-refractivity contribution in [2.75, 3.05) is 25.0 Å². The average molecular weight is 467 g/mol. The largest absolute Gasteiger partial charge is 0.338 e. The molecule has 6 nitrogen and oxygen atoms in total. The Morgan fingerprint density at radius 3 is 2.48 bits per heavy atom. The number of likely N-dealkylation sites (tertiary alicyclic amines) is 1. The number of piperidine rings is 1. The van der Waals surface area contributed by atoms with Crippen LogP contribution < -0.4 is 10.6 Å². The molecule has 1 aliphatic heterocycles. The summed E-state index contributed by atoms with van der Waals surface area (Å²) in [7, 11) is 0. The number of carbonyl (C=O) groups excluding carboxylic acids is 2. The Hall–Kier alpha value is -1.96. The molecule has 0 aromatic heterocycles. The summed E-state index contributed by atoms with van der Waals surface area (Å²) in [5.41, 5.74) is 0.483. The van der Waals surface area contributed by atoms with E-state index in [4.69, 9.17) is 5.41 Å². The number of ketones is 1. The summed E-state index contributed by atoms with van der Waals surface area (Å²) in [6, 6.07) is 4.21. The minimum atomic E-state index is -0.400. The van der Waals surface area contributed by atoms with E-state index in [1.807, 2.05) is 0 Å². The second-order valence-corrected chi connectivity index (χ2v) is 8.80. The third-order valence-corrected chi connectivity index (χ3v) is 6.46. The number of Topliss-reactive ketones (excluding diaryl/α,β-unsaturated/α-hetero) is 1. The quantitative estimate of drug-likeness (QED) is 0.439. The van der Waals surface area contributed by atoms with Gasteiger partial charge in [0.05, 0.1) is 4.47 Å². The summed E-state index contributed by atoms with van der Waals surface area (Å²) in [5, 5.41) is 13.8. The van der Waals surface area contributed by atoms with Gasteiger partial charge in [0.25, 0.3) is 0 Å². The van der Waals surface area contributed by atoms with Gasteiger partial charge in [-0.3, -0.25) is 10.2 Å². The van der Waals surface area contributed by atoms with Gasteiger partial charge >= 0.3 is 6.03 Å². The normalized spacial score (nSPS) is 18.3. The first kappa shape index (κ1) is 21.7. The monoisotopic (exact) mass is 466 g/mol. The summed E-state index contributed by atoms with van der Waals surface area (Å²) in [4.78, 5) is 26.7. The maximum atomic E-state index is 13.3. The van der Waals surface area contributed by atoms with Crippen LogP contribution in [0.2, 0.25) is 0 Å². The van der Waals surface area contributed by atoms with Crippen LogP contribution in [0.15, 0.2) is 22.7 Å². The molecule has 2 aliphatic rings. The molecule has 1 saturated heterocycles. The van der Waals surface area contributed by atoms with Crippen molar-refractivity contribution in [1.29, 1.82) is 5.41 Å². The van der Waals surface area contributed by atoms with Gasteiger partial charge in [0, 0.05) is 31.2 Å². The van der Waals surface area contributed by atoms with Crippen LogP contribution in [-0.4, -0.2) is 42.2 Å². The number of anilines is 1. The van der Waals surface area contributed by atoms with Gasteiger partial charge in [0.1, 0.15) is 5.82 Å². The Kier molecular flexibility index (Phi) is 7.64. The fraction of sp³-hybridized carbons (Fsp3) is 0.571. The zero-order chi connectivity index (χ0) is 20.8. The van der Waals surface area contributed by atoms with E-state index in [1.54, 1.807) is 4.90 Å². The molecule has 1 aromatic rings. The van der Waals surface area contributed by atoms with E-state index < -0.39 is 5.82 Å². The zero-order valence-electron chi connectivity index (χ0n) is 16.5. The second kappa shape index (κ2) is 10.2.